The van der Waals surface area contributed by atoms with Gasteiger partial charge >= 0.3 is 0 Å². The minimum atomic E-state index is -3.61. The second-order valence-electron chi connectivity index (χ2n) is 6.10. The molecule has 0 saturated heterocycles. The Morgan fingerprint density at radius 1 is 1.13 bits per heavy atom. The third-order valence-corrected chi connectivity index (χ3v) is 5.27. The molecular weight excluding hydrogens is 312 g/mol. The average Bonchev–Trinajstić information content (AvgIpc) is 2.87. The highest BCUT2D eigenvalue weighted by Crippen LogP contribution is 2.22. The molecule has 1 N–H and O–H groups in total. The molecule has 1 aromatic carbocycles. The van der Waals surface area contributed by atoms with Crippen molar-refractivity contribution in [2.24, 2.45) is 0 Å². The lowest BCUT2D eigenvalue weighted by Gasteiger charge is -2.11. The van der Waals surface area contributed by atoms with Gasteiger partial charge in [0.25, 0.3) is 10.0 Å². The first kappa shape index (κ1) is 17.5. The van der Waals surface area contributed by atoms with Crippen LogP contribution in [0.2, 0.25) is 0 Å². The van der Waals surface area contributed by atoms with Crippen molar-refractivity contribution in [1.29, 1.82) is 0 Å². The van der Waals surface area contributed by atoms with E-state index in [0.717, 1.165) is 23.2 Å². The van der Waals surface area contributed by atoms with Gasteiger partial charge < -0.3 is 4.90 Å². The fourth-order valence-electron chi connectivity index (χ4n) is 2.27. The van der Waals surface area contributed by atoms with E-state index in [1.807, 2.05) is 45.8 Å². The van der Waals surface area contributed by atoms with Crippen LogP contribution in [0.25, 0.3) is 0 Å². The summed E-state index contributed by atoms with van der Waals surface area (Å²) in [7, 11) is 0.349. The molecule has 2 aromatic rings. The number of hydrogen-bond donors (Lipinski definition) is 1. The van der Waals surface area contributed by atoms with E-state index < -0.39 is 10.0 Å². The Balaban J connectivity index is 2.20. The van der Waals surface area contributed by atoms with Crippen LogP contribution in [0.4, 0.5) is 5.69 Å². The van der Waals surface area contributed by atoms with Crippen molar-refractivity contribution in [2.45, 2.75) is 32.2 Å². The summed E-state index contributed by atoms with van der Waals surface area (Å²) in [6, 6.07) is 3.61. The van der Waals surface area contributed by atoms with Gasteiger partial charge in [0.15, 0.2) is 0 Å². The summed E-state index contributed by atoms with van der Waals surface area (Å²) in [4.78, 5) is 2.35. The standard InChI is InChI=1S/C16H24N4O2S/c1-12-8-14(3)16(9-13(12)2)23(21,22)18-15-10-17-20(11-15)7-6-19(4)5/h8-11,18H,6-7H2,1-5H3. The van der Waals surface area contributed by atoms with Crippen LogP contribution in [0.3, 0.4) is 0 Å². The number of aromatic nitrogens is 2. The Labute approximate surface area is 138 Å². The second kappa shape index (κ2) is 6.72. The number of nitrogens with one attached hydrogen (secondary N) is 1. The van der Waals surface area contributed by atoms with Crippen LogP contribution < -0.4 is 4.72 Å². The van der Waals surface area contributed by atoms with Crippen molar-refractivity contribution in [2.75, 3.05) is 25.4 Å². The van der Waals surface area contributed by atoms with E-state index in [1.54, 1.807) is 16.9 Å². The van der Waals surface area contributed by atoms with Crippen LogP contribution >= 0.6 is 0 Å². The molecule has 6 nitrogen and oxygen atoms in total. The molecule has 23 heavy (non-hydrogen) atoms. The normalized spacial score (nSPS) is 11.9. The summed E-state index contributed by atoms with van der Waals surface area (Å²) in [5.41, 5.74) is 3.25. The fraction of sp³-hybridized carbons (Fsp3) is 0.438. The van der Waals surface area contributed by atoms with Crippen molar-refractivity contribution in [3.63, 3.8) is 0 Å². The lowest BCUT2D eigenvalue weighted by molar-refractivity contribution is 0.373. The SMILES string of the molecule is Cc1cc(C)c(S(=O)(=O)Nc2cnn(CCN(C)C)c2)cc1C. The Morgan fingerprint density at radius 3 is 2.43 bits per heavy atom. The fourth-order valence-corrected chi connectivity index (χ4v) is 3.62. The van der Waals surface area contributed by atoms with Gasteiger partial charge in [-0.25, -0.2) is 8.42 Å². The highest BCUT2D eigenvalue weighted by molar-refractivity contribution is 7.92. The molecule has 0 unspecified atom stereocenters. The van der Waals surface area contributed by atoms with Gasteiger partial charge in [0.05, 0.1) is 23.3 Å². The van der Waals surface area contributed by atoms with Gasteiger partial charge in [0, 0.05) is 12.7 Å². The van der Waals surface area contributed by atoms with E-state index in [9.17, 15) is 8.42 Å². The number of nitrogens with zero attached hydrogens (tertiary/aromatic N) is 3. The molecule has 0 saturated carbocycles. The molecule has 0 aliphatic carbocycles. The highest BCUT2D eigenvalue weighted by atomic mass is 32.2. The number of hydrogen-bond acceptors (Lipinski definition) is 4. The minimum Gasteiger partial charge on any atom is -0.308 e. The summed E-state index contributed by atoms with van der Waals surface area (Å²) in [5, 5.41) is 4.18. The van der Waals surface area contributed by atoms with E-state index in [2.05, 4.69) is 9.82 Å². The molecule has 0 atom stereocenters. The third kappa shape index (κ3) is 4.33. The topological polar surface area (TPSA) is 67.2 Å². The number of sulfonamides is 1. The van der Waals surface area contributed by atoms with Crippen LogP contribution in [0, 0.1) is 20.8 Å². The van der Waals surface area contributed by atoms with E-state index in [0.29, 0.717) is 17.1 Å². The molecule has 7 heteroatoms. The molecule has 126 valence electrons. The zero-order valence-electron chi connectivity index (χ0n) is 14.3. The first-order valence-electron chi connectivity index (χ1n) is 7.47. The number of anilines is 1. The number of likely N-dealkylation sites (N-methyl/N-ethyl adjacent to an activating group) is 1. The summed E-state index contributed by atoms with van der Waals surface area (Å²) in [5.74, 6) is 0. The summed E-state index contributed by atoms with van der Waals surface area (Å²) < 4.78 is 29.5. The average molecular weight is 336 g/mol. The van der Waals surface area contributed by atoms with E-state index in [-0.39, 0.29) is 0 Å². The van der Waals surface area contributed by atoms with Crippen molar-refractivity contribution in [1.82, 2.24) is 14.7 Å². The molecule has 0 aliphatic rings. The van der Waals surface area contributed by atoms with Crippen molar-refractivity contribution in [3.05, 3.63) is 41.2 Å². The zero-order valence-corrected chi connectivity index (χ0v) is 15.1. The number of rotatable bonds is 6. The van der Waals surface area contributed by atoms with E-state index in [1.165, 1.54) is 6.20 Å². The molecule has 0 fully saturated rings. The van der Waals surface area contributed by atoms with Gasteiger partial charge in [-0.2, -0.15) is 5.10 Å². The smallest absolute Gasteiger partial charge is 0.262 e. The lowest BCUT2D eigenvalue weighted by atomic mass is 10.1. The monoisotopic (exact) mass is 336 g/mol. The maximum Gasteiger partial charge on any atom is 0.262 e. The Bertz CT molecular complexity index is 794. The van der Waals surface area contributed by atoms with Gasteiger partial charge in [-0.15, -0.1) is 0 Å². The summed E-state index contributed by atoms with van der Waals surface area (Å²) in [6.45, 7) is 7.23. The van der Waals surface area contributed by atoms with Crippen LogP contribution in [-0.2, 0) is 16.6 Å². The van der Waals surface area contributed by atoms with Crippen molar-refractivity contribution in [3.8, 4) is 0 Å². The predicted octanol–water partition coefficient (Wildman–Crippen LogP) is 2.17. The molecule has 0 radical (unpaired) electrons. The maximum absolute atomic E-state index is 12.6. The van der Waals surface area contributed by atoms with Gasteiger partial charge in [-0.3, -0.25) is 9.40 Å². The molecule has 0 aliphatic heterocycles. The Kier molecular flexibility index (Phi) is 5.11. The van der Waals surface area contributed by atoms with Crippen LogP contribution in [-0.4, -0.2) is 43.7 Å². The quantitative estimate of drug-likeness (QED) is 0.878. The minimum absolute atomic E-state index is 0.307. The molecular formula is C16H24N4O2S. The molecule has 1 aromatic heterocycles. The highest BCUT2D eigenvalue weighted by Gasteiger charge is 2.18. The van der Waals surface area contributed by atoms with Crippen LogP contribution in [0.5, 0.6) is 0 Å². The van der Waals surface area contributed by atoms with Gasteiger partial charge in [0.2, 0.25) is 0 Å². The lowest BCUT2D eigenvalue weighted by Crippen LogP contribution is -2.18. The molecule has 1 heterocycles. The van der Waals surface area contributed by atoms with Gasteiger partial charge in [0.1, 0.15) is 0 Å². The summed E-state index contributed by atoms with van der Waals surface area (Å²) in [6.07, 6.45) is 3.24. The van der Waals surface area contributed by atoms with Crippen molar-refractivity contribution >= 4 is 15.7 Å². The largest absolute Gasteiger partial charge is 0.308 e. The van der Waals surface area contributed by atoms with Crippen LogP contribution in [0.15, 0.2) is 29.4 Å². The molecule has 0 bridgehead atoms. The first-order chi connectivity index (χ1) is 10.7. The van der Waals surface area contributed by atoms with Crippen LogP contribution in [0.1, 0.15) is 16.7 Å². The molecule has 0 spiro atoms. The zero-order chi connectivity index (χ0) is 17.2. The second-order valence-corrected chi connectivity index (χ2v) is 7.75. The van der Waals surface area contributed by atoms with E-state index in [4.69, 9.17) is 0 Å². The van der Waals surface area contributed by atoms with Crippen molar-refractivity contribution < 1.29 is 8.42 Å². The first-order valence-corrected chi connectivity index (χ1v) is 8.95. The number of aryl methyl sites for hydroxylation is 3. The summed E-state index contributed by atoms with van der Waals surface area (Å²) >= 11 is 0. The molecule has 0 amide bonds. The predicted molar refractivity (Wildman–Crippen MR) is 92.2 cm³/mol. The number of benzene rings is 1. The van der Waals surface area contributed by atoms with E-state index >= 15 is 0 Å². The molecule has 2 rings (SSSR count). The van der Waals surface area contributed by atoms with Gasteiger partial charge in [-0.05, 0) is 57.6 Å². The maximum atomic E-state index is 12.6. The Hall–Kier alpha value is -1.86. The third-order valence-electron chi connectivity index (χ3n) is 3.74. The van der Waals surface area contributed by atoms with Gasteiger partial charge in [-0.1, -0.05) is 6.07 Å². The Morgan fingerprint density at radius 2 is 1.78 bits per heavy atom.